The summed E-state index contributed by atoms with van der Waals surface area (Å²) in [5, 5.41) is 11.3. The number of hydrogen-bond donors (Lipinski definition) is 2. The number of hydrogen-bond acceptors (Lipinski definition) is 4. The number of anilines is 1. The number of fused-ring (bicyclic) bond motifs is 2. The number of Topliss-reactive ketones (excluding diaryl/α,β-unsaturated/α-hetero) is 1. The minimum atomic E-state index is -1.80. The first-order valence-corrected chi connectivity index (χ1v) is 11.4. The molecule has 1 atom stereocenters. The number of halogens is 1. The summed E-state index contributed by atoms with van der Waals surface area (Å²) in [5.41, 5.74) is -0.649. The lowest BCUT2D eigenvalue weighted by Gasteiger charge is -2.34. The highest BCUT2D eigenvalue weighted by molar-refractivity contribution is 6.50. The first-order valence-electron chi connectivity index (χ1n) is 11.4. The third kappa shape index (κ3) is 3.32. The molecule has 8 heteroatoms. The second kappa shape index (κ2) is 8.68. The average Bonchev–Trinajstić information content (AvgIpc) is 3.18. The second-order valence-electron chi connectivity index (χ2n) is 9.06. The largest absolute Gasteiger partial charge is 0.507 e. The lowest BCUT2D eigenvalue weighted by Crippen LogP contribution is -3.05. The van der Waals surface area contributed by atoms with E-state index in [0.717, 1.165) is 17.5 Å². The van der Waals surface area contributed by atoms with Gasteiger partial charge >= 0.3 is 0 Å². The summed E-state index contributed by atoms with van der Waals surface area (Å²) in [4.78, 5) is 44.8. The van der Waals surface area contributed by atoms with Gasteiger partial charge in [-0.3, -0.25) is 14.4 Å². The number of aliphatic hydroxyl groups is 1. The molecule has 1 saturated heterocycles. The van der Waals surface area contributed by atoms with Crippen LogP contribution in [-0.2, 0) is 19.9 Å². The van der Waals surface area contributed by atoms with Gasteiger partial charge in [0.1, 0.15) is 11.6 Å². The highest BCUT2D eigenvalue weighted by Gasteiger charge is 2.66. The highest BCUT2D eigenvalue weighted by Crippen LogP contribution is 2.53. The summed E-state index contributed by atoms with van der Waals surface area (Å²) in [6.45, 7) is 4.59. The fourth-order valence-corrected chi connectivity index (χ4v) is 4.96. The van der Waals surface area contributed by atoms with E-state index in [9.17, 15) is 23.9 Å². The molecule has 2 aliphatic rings. The number of nitrogens with zero attached hydrogens (tertiary/aromatic N) is 2. The van der Waals surface area contributed by atoms with Gasteiger partial charge in [-0.05, 0) is 31.5 Å². The van der Waals surface area contributed by atoms with E-state index in [1.54, 1.807) is 31.2 Å². The first kappa shape index (κ1) is 23.6. The Morgan fingerprint density at radius 1 is 1.12 bits per heavy atom. The Labute approximate surface area is 198 Å². The third-order valence-corrected chi connectivity index (χ3v) is 6.63. The van der Waals surface area contributed by atoms with Gasteiger partial charge in [0, 0.05) is 30.6 Å². The Morgan fingerprint density at radius 3 is 2.47 bits per heavy atom. The van der Waals surface area contributed by atoms with Crippen molar-refractivity contribution >= 4 is 29.0 Å². The molecule has 0 bridgehead atoms. The van der Waals surface area contributed by atoms with E-state index >= 15 is 0 Å². The van der Waals surface area contributed by atoms with Crippen LogP contribution in [0.25, 0.3) is 5.76 Å². The molecule has 0 aliphatic carbocycles. The van der Waals surface area contributed by atoms with Crippen molar-refractivity contribution in [3.05, 3.63) is 70.5 Å². The van der Waals surface area contributed by atoms with E-state index in [0.29, 0.717) is 29.8 Å². The summed E-state index contributed by atoms with van der Waals surface area (Å²) in [5.74, 6) is -3.38. The zero-order valence-electron chi connectivity index (χ0n) is 19.8. The van der Waals surface area contributed by atoms with Crippen LogP contribution < -0.4 is 9.80 Å². The van der Waals surface area contributed by atoms with Crippen molar-refractivity contribution in [1.82, 2.24) is 4.90 Å². The van der Waals surface area contributed by atoms with Crippen LogP contribution in [0.1, 0.15) is 30.0 Å². The van der Waals surface area contributed by atoms with Gasteiger partial charge in [0.05, 0.1) is 31.9 Å². The van der Waals surface area contributed by atoms with Crippen molar-refractivity contribution in [2.75, 3.05) is 38.6 Å². The van der Waals surface area contributed by atoms with E-state index in [4.69, 9.17) is 0 Å². The summed E-state index contributed by atoms with van der Waals surface area (Å²) in [6.07, 6.45) is 0.553. The summed E-state index contributed by atoms with van der Waals surface area (Å²) >= 11 is 0. The van der Waals surface area contributed by atoms with E-state index in [1.165, 1.54) is 21.9 Å². The van der Waals surface area contributed by atoms with Crippen LogP contribution in [-0.4, -0.2) is 61.3 Å². The molecule has 178 valence electrons. The number of rotatable bonds is 6. The molecular formula is C26H29FN3O4+. The normalized spacial score (nSPS) is 21.3. The topological polar surface area (TPSA) is 82.4 Å². The molecule has 2 aromatic rings. The summed E-state index contributed by atoms with van der Waals surface area (Å²) in [6, 6.07) is 11.1. The molecule has 1 spiro atoms. The molecule has 2 N–H and O–H groups in total. The average molecular weight is 467 g/mol. The standard InChI is InChI=1S/C26H28FN3O4/c1-5-29-20-10-7-6-9-18(20)26(25(29)34)21(22(31)17-12-11-16(2)19(27)15-17)23(32)24(33)30(26)14-8-13-28(3)4/h6-7,9-12,15,31H,5,8,13-14H2,1-4H3/p+1. The fourth-order valence-electron chi connectivity index (χ4n) is 4.96. The zero-order valence-corrected chi connectivity index (χ0v) is 19.8. The Morgan fingerprint density at radius 2 is 1.82 bits per heavy atom. The van der Waals surface area contributed by atoms with Crippen molar-refractivity contribution in [3.8, 4) is 0 Å². The number of carbonyl (C=O) groups is 3. The molecule has 4 rings (SSSR count). The minimum Gasteiger partial charge on any atom is -0.507 e. The van der Waals surface area contributed by atoms with Gasteiger partial charge in [0.2, 0.25) is 0 Å². The highest BCUT2D eigenvalue weighted by atomic mass is 19.1. The Bertz CT molecular complexity index is 1220. The van der Waals surface area contributed by atoms with Crippen LogP contribution >= 0.6 is 0 Å². The number of likely N-dealkylation sites (N-methyl/N-ethyl adjacent to an activating group) is 1. The smallest absolute Gasteiger partial charge is 0.296 e. The number of quaternary nitrogens is 1. The second-order valence-corrected chi connectivity index (χ2v) is 9.06. The summed E-state index contributed by atoms with van der Waals surface area (Å²) < 4.78 is 14.3. The van der Waals surface area contributed by atoms with Crippen LogP contribution in [0, 0.1) is 12.7 Å². The maximum absolute atomic E-state index is 14.3. The molecule has 34 heavy (non-hydrogen) atoms. The molecule has 0 radical (unpaired) electrons. The van der Waals surface area contributed by atoms with Gasteiger partial charge in [0.25, 0.3) is 17.6 Å². The zero-order chi connectivity index (χ0) is 24.8. The molecule has 2 aliphatic heterocycles. The van der Waals surface area contributed by atoms with E-state index in [-0.39, 0.29) is 17.7 Å². The van der Waals surface area contributed by atoms with Crippen molar-refractivity contribution in [3.63, 3.8) is 0 Å². The number of nitrogens with one attached hydrogen (secondary N) is 1. The van der Waals surface area contributed by atoms with Crippen molar-refractivity contribution in [1.29, 1.82) is 0 Å². The maximum Gasteiger partial charge on any atom is 0.296 e. The number of aliphatic hydroxyl groups excluding tert-OH is 1. The number of aryl methyl sites for hydroxylation is 1. The number of likely N-dealkylation sites (tertiary alicyclic amines) is 1. The molecule has 0 aromatic heterocycles. The van der Waals surface area contributed by atoms with E-state index in [1.807, 2.05) is 21.0 Å². The fraction of sp³-hybridized carbons (Fsp3) is 0.346. The molecular weight excluding hydrogens is 437 g/mol. The maximum atomic E-state index is 14.3. The number of carbonyl (C=O) groups excluding carboxylic acids is 3. The number of para-hydroxylation sites is 1. The van der Waals surface area contributed by atoms with Crippen LogP contribution in [0.2, 0.25) is 0 Å². The van der Waals surface area contributed by atoms with Crippen LogP contribution in [0.5, 0.6) is 0 Å². The van der Waals surface area contributed by atoms with Gasteiger partial charge in [-0.25, -0.2) is 4.39 Å². The Kier molecular flexibility index (Phi) is 6.03. The molecule has 1 unspecified atom stereocenters. The predicted molar refractivity (Wildman–Crippen MR) is 126 cm³/mol. The van der Waals surface area contributed by atoms with Crippen molar-refractivity contribution in [2.24, 2.45) is 0 Å². The molecule has 0 saturated carbocycles. The monoisotopic (exact) mass is 466 g/mol. The molecule has 7 nitrogen and oxygen atoms in total. The molecule has 2 aromatic carbocycles. The van der Waals surface area contributed by atoms with Crippen LogP contribution in [0.4, 0.5) is 10.1 Å². The van der Waals surface area contributed by atoms with E-state index in [2.05, 4.69) is 0 Å². The Balaban J connectivity index is 2.01. The van der Waals surface area contributed by atoms with E-state index < -0.39 is 34.7 Å². The van der Waals surface area contributed by atoms with Gasteiger partial charge in [-0.2, -0.15) is 0 Å². The summed E-state index contributed by atoms with van der Waals surface area (Å²) in [7, 11) is 3.95. The number of amides is 2. The lowest BCUT2D eigenvalue weighted by molar-refractivity contribution is -0.858. The van der Waals surface area contributed by atoms with Gasteiger partial charge in [-0.1, -0.05) is 30.3 Å². The van der Waals surface area contributed by atoms with Crippen molar-refractivity contribution < 1.29 is 28.8 Å². The Hall–Kier alpha value is -3.52. The first-order chi connectivity index (χ1) is 16.2. The molecule has 2 amide bonds. The van der Waals surface area contributed by atoms with Crippen LogP contribution in [0.3, 0.4) is 0 Å². The van der Waals surface area contributed by atoms with Crippen LogP contribution in [0.15, 0.2) is 48.0 Å². The number of benzene rings is 2. The molecule has 1 fully saturated rings. The SMILES string of the molecule is CCN1C(=O)C2(C(=C(O)c3ccc(C)c(F)c3)C(=O)C(=O)N2CCC[NH+](C)C)c2ccccc21. The minimum absolute atomic E-state index is 0.0402. The van der Waals surface area contributed by atoms with Gasteiger partial charge in [0.15, 0.2) is 5.54 Å². The molecule has 2 heterocycles. The van der Waals surface area contributed by atoms with Gasteiger partial charge < -0.3 is 19.8 Å². The van der Waals surface area contributed by atoms with Gasteiger partial charge in [-0.15, -0.1) is 0 Å². The quantitative estimate of drug-likeness (QED) is 0.385. The number of ketones is 1. The van der Waals surface area contributed by atoms with Crippen molar-refractivity contribution in [2.45, 2.75) is 25.8 Å². The predicted octanol–water partition coefficient (Wildman–Crippen LogP) is 1.61. The third-order valence-electron chi connectivity index (χ3n) is 6.63. The lowest BCUT2D eigenvalue weighted by atomic mass is 9.81.